The van der Waals surface area contributed by atoms with Crippen molar-refractivity contribution < 1.29 is 24.9 Å². The summed E-state index contributed by atoms with van der Waals surface area (Å²) in [5.74, 6) is 1.44. The van der Waals surface area contributed by atoms with Gasteiger partial charge in [0.2, 0.25) is 0 Å². The molecule has 0 fully saturated rings. The van der Waals surface area contributed by atoms with Gasteiger partial charge >= 0.3 is 0 Å². The normalized spacial score (nSPS) is 9.83. The Morgan fingerprint density at radius 1 is 1.33 bits per heavy atom. The van der Waals surface area contributed by atoms with E-state index in [1.165, 1.54) is 5.94 Å². The van der Waals surface area contributed by atoms with E-state index in [2.05, 4.69) is 0 Å². The lowest BCUT2D eigenvalue weighted by atomic mass is 9.88. The van der Waals surface area contributed by atoms with Gasteiger partial charge in [0.15, 0.2) is 11.7 Å². The van der Waals surface area contributed by atoms with Crippen molar-refractivity contribution in [1.29, 1.82) is 0 Å². The van der Waals surface area contributed by atoms with Gasteiger partial charge in [-0.3, -0.25) is 0 Å². The van der Waals surface area contributed by atoms with Crippen LogP contribution in [0.2, 0.25) is 0 Å². The fraction of sp³-hybridized carbons (Fsp3) is 0.429. The van der Waals surface area contributed by atoms with Crippen molar-refractivity contribution >= 4 is 11.9 Å². The SMILES string of the molecule is O=C=CC(CO)(CO)C(O)=C=O. The first kappa shape index (κ1) is 10.6. The molecule has 5 nitrogen and oxygen atoms in total. The summed E-state index contributed by atoms with van der Waals surface area (Å²) >= 11 is 0. The number of rotatable bonds is 4. The van der Waals surface area contributed by atoms with Crippen molar-refractivity contribution in [2.75, 3.05) is 13.2 Å². The smallest absolute Gasteiger partial charge is 0.192 e. The fourth-order valence-corrected chi connectivity index (χ4v) is 0.574. The Kier molecular flexibility index (Phi) is 3.97. The molecule has 0 bridgehead atoms. The maximum atomic E-state index is 9.96. The Labute approximate surface area is 68.3 Å². The Balaban J connectivity index is 5.08. The number of aliphatic hydroxyl groups is 3. The highest BCUT2D eigenvalue weighted by Crippen LogP contribution is 2.22. The molecule has 3 N–H and O–H groups in total. The third-order valence-corrected chi connectivity index (χ3v) is 1.47. The molecule has 0 aliphatic rings. The Morgan fingerprint density at radius 2 is 1.83 bits per heavy atom. The summed E-state index contributed by atoms with van der Waals surface area (Å²) in [6, 6.07) is 0. The molecule has 0 aliphatic heterocycles. The topological polar surface area (TPSA) is 94.8 Å². The van der Waals surface area contributed by atoms with Gasteiger partial charge in [-0.25, -0.2) is 9.59 Å². The van der Waals surface area contributed by atoms with Crippen LogP contribution in [0.4, 0.5) is 0 Å². The minimum absolute atomic E-state index is 0.674. The number of hydrogen-bond acceptors (Lipinski definition) is 5. The quantitative estimate of drug-likeness (QED) is 0.359. The zero-order chi connectivity index (χ0) is 9.61. The van der Waals surface area contributed by atoms with Gasteiger partial charge in [-0.2, -0.15) is 0 Å². The van der Waals surface area contributed by atoms with Crippen LogP contribution in [-0.4, -0.2) is 40.4 Å². The second-order valence-electron chi connectivity index (χ2n) is 2.19. The molecule has 0 aromatic carbocycles. The first-order valence-corrected chi connectivity index (χ1v) is 3.05. The highest BCUT2D eigenvalue weighted by molar-refractivity contribution is 5.57. The molecule has 0 aromatic heterocycles. The number of carbonyl (C=O) groups excluding carboxylic acids is 2. The molecule has 0 aromatic rings. The van der Waals surface area contributed by atoms with Gasteiger partial charge in [0, 0.05) is 6.08 Å². The molecule has 5 heteroatoms. The molecule has 0 rings (SSSR count). The second kappa shape index (κ2) is 4.49. The van der Waals surface area contributed by atoms with Crippen LogP contribution in [0.3, 0.4) is 0 Å². The van der Waals surface area contributed by atoms with Crippen LogP contribution in [0.25, 0.3) is 0 Å². The van der Waals surface area contributed by atoms with Crippen LogP contribution in [0.1, 0.15) is 0 Å². The zero-order valence-electron chi connectivity index (χ0n) is 6.15. The summed E-state index contributed by atoms with van der Waals surface area (Å²) in [5.41, 5.74) is -1.75. The molecule has 0 unspecified atom stereocenters. The minimum Gasteiger partial charge on any atom is -0.501 e. The number of hydrogen-bond donors (Lipinski definition) is 3. The molecule has 0 amide bonds. The van der Waals surface area contributed by atoms with Crippen molar-refractivity contribution in [3.63, 3.8) is 0 Å². The predicted octanol–water partition coefficient (Wildman–Crippen LogP) is -1.38. The molecular formula is C7H8O5. The van der Waals surface area contributed by atoms with Crippen LogP contribution < -0.4 is 0 Å². The lowest BCUT2D eigenvalue weighted by Crippen LogP contribution is -2.30. The van der Waals surface area contributed by atoms with Gasteiger partial charge in [-0.05, 0) is 0 Å². The predicted molar refractivity (Wildman–Crippen MR) is 38.7 cm³/mol. The van der Waals surface area contributed by atoms with Crippen molar-refractivity contribution in [2.45, 2.75) is 0 Å². The summed E-state index contributed by atoms with van der Waals surface area (Å²) in [5, 5.41) is 26.2. The van der Waals surface area contributed by atoms with Crippen molar-refractivity contribution in [2.24, 2.45) is 5.41 Å². The summed E-state index contributed by atoms with van der Waals surface area (Å²) in [7, 11) is 0. The van der Waals surface area contributed by atoms with E-state index in [-0.39, 0.29) is 0 Å². The largest absolute Gasteiger partial charge is 0.501 e. The van der Waals surface area contributed by atoms with E-state index < -0.39 is 24.4 Å². The standard InChI is InChI=1S/C7H8O5/c8-2-1-7(4-10,5-11)6(12)3-9/h1,10-12H,4-5H2. The van der Waals surface area contributed by atoms with E-state index >= 15 is 0 Å². The summed E-state index contributed by atoms with van der Waals surface area (Å²) < 4.78 is 0. The van der Waals surface area contributed by atoms with E-state index in [1.807, 2.05) is 0 Å². The summed E-state index contributed by atoms with van der Waals surface area (Å²) in [6.45, 7) is -1.53. The van der Waals surface area contributed by atoms with Gasteiger partial charge in [-0.15, -0.1) is 0 Å². The molecule has 0 saturated carbocycles. The van der Waals surface area contributed by atoms with E-state index in [0.717, 1.165) is 5.94 Å². The van der Waals surface area contributed by atoms with E-state index in [0.29, 0.717) is 6.08 Å². The van der Waals surface area contributed by atoms with Gasteiger partial charge in [0.25, 0.3) is 0 Å². The van der Waals surface area contributed by atoms with Crippen molar-refractivity contribution in [3.05, 3.63) is 11.8 Å². The zero-order valence-corrected chi connectivity index (χ0v) is 6.15. The molecule has 0 atom stereocenters. The second-order valence-corrected chi connectivity index (χ2v) is 2.19. The Hall–Kier alpha value is -1.38. The van der Waals surface area contributed by atoms with Crippen molar-refractivity contribution in [3.8, 4) is 0 Å². The van der Waals surface area contributed by atoms with Crippen LogP contribution in [-0.2, 0) is 9.59 Å². The van der Waals surface area contributed by atoms with Crippen molar-refractivity contribution in [1.82, 2.24) is 0 Å². The lowest BCUT2D eigenvalue weighted by Gasteiger charge is -2.20. The average Bonchev–Trinajstić information content (AvgIpc) is 2.13. The Bertz CT molecular complexity index is 241. The first-order valence-electron chi connectivity index (χ1n) is 3.05. The molecular weight excluding hydrogens is 164 g/mol. The number of aliphatic hydroxyl groups excluding tert-OH is 3. The third kappa shape index (κ3) is 1.81. The highest BCUT2D eigenvalue weighted by atomic mass is 16.3. The van der Waals surface area contributed by atoms with E-state index in [9.17, 15) is 9.59 Å². The molecule has 0 radical (unpaired) electrons. The maximum Gasteiger partial charge on any atom is 0.192 e. The molecule has 0 aliphatic carbocycles. The third-order valence-electron chi connectivity index (χ3n) is 1.47. The van der Waals surface area contributed by atoms with Gasteiger partial charge in [0.05, 0.1) is 13.2 Å². The minimum atomic E-state index is -1.75. The highest BCUT2D eigenvalue weighted by Gasteiger charge is 2.32. The summed E-state index contributed by atoms with van der Waals surface area (Å²) in [4.78, 5) is 19.9. The lowest BCUT2D eigenvalue weighted by molar-refractivity contribution is 0.0883. The van der Waals surface area contributed by atoms with Crippen LogP contribution >= 0.6 is 0 Å². The van der Waals surface area contributed by atoms with Gasteiger partial charge in [0.1, 0.15) is 11.4 Å². The molecule has 0 spiro atoms. The van der Waals surface area contributed by atoms with E-state index in [1.54, 1.807) is 0 Å². The molecule has 66 valence electrons. The van der Waals surface area contributed by atoms with Crippen LogP contribution in [0.5, 0.6) is 0 Å². The monoisotopic (exact) mass is 172 g/mol. The van der Waals surface area contributed by atoms with Gasteiger partial charge < -0.3 is 15.3 Å². The maximum absolute atomic E-state index is 9.96. The van der Waals surface area contributed by atoms with E-state index in [4.69, 9.17) is 15.3 Å². The Morgan fingerprint density at radius 3 is 2.08 bits per heavy atom. The molecule has 0 heterocycles. The van der Waals surface area contributed by atoms with Crippen LogP contribution in [0, 0.1) is 5.41 Å². The fourth-order valence-electron chi connectivity index (χ4n) is 0.574. The van der Waals surface area contributed by atoms with Gasteiger partial charge in [-0.1, -0.05) is 0 Å². The molecule has 12 heavy (non-hydrogen) atoms. The first-order chi connectivity index (χ1) is 5.66. The summed E-state index contributed by atoms with van der Waals surface area (Å²) in [6.07, 6.45) is 0.674. The van der Waals surface area contributed by atoms with Crippen LogP contribution in [0.15, 0.2) is 11.8 Å². The average molecular weight is 172 g/mol. The molecule has 0 saturated heterocycles.